The fourth-order valence-corrected chi connectivity index (χ4v) is 1.87. The molecule has 2 rings (SSSR count). The molecule has 0 saturated carbocycles. The molecule has 0 atom stereocenters. The van der Waals surface area contributed by atoms with Gasteiger partial charge in [-0.1, -0.05) is 12.1 Å². The van der Waals surface area contributed by atoms with Gasteiger partial charge in [-0.3, -0.25) is 0 Å². The van der Waals surface area contributed by atoms with E-state index in [9.17, 15) is 35.5 Å². The summed E-state index contributed by atoms with van der Waals surface area (Å²) in [5.41, 5.74) is -4.19. The van der Waals surface area contributed by atoms with Crippen molar-refractivity contribution < 1.29 is 35.5 Å². The third-order valence-corrected chi connectivity index (χ3v) is 2.97. The van der Waals surface area contributed by atoms with Crippen molar-refractivity contribution in [3.63, 3.8) is 0 Å². The molecule has 0 radical (unpaired) electrons. The van der Waals surface area contributed by atoms with Gasteiger partial charge in [-0.15, -0.1) is 0 Å². The maximum absolute atomic E-state index is 13.4. The van der Waals surface area contributed by atoms with Crippen molar-refractivity contribution in [1.29, 1.82) is 0 Å². The van der Waals surface area contributed by atoms with Gasteiger partial charge in [-0.25, -0.2) is 9.18 Å². The van der Waals surface area contributed by atoms with Gasteiger partial charge < -0.3 is 10.6 Å². The average molecular weight is 366 g/mol. The Labute approximate surface area is 136 Å². The van der Waals surface area contributed by atoms with Crippen molar-refractivity contribution in [1.82, 2.24) is 0 Å². The van der Waals surface area contributed by atoms with Gasteiger partial charge in [-0.05, 0) is 30.3 Å². The predicted molar refractivity (Wildman–Crippen MR) is 75.5 cm³/mol. The standard InChI is InChI=1S/C15H9F7N2O/c16-11-3-1-2-4-12(11)24-13(25)23-10-6-8(14(17,18)19)5-9(7-10)15(20,21)22/h1-7H,(H2,23,24,25). The molecule has 3 nitrogen and oxygen atoms in total. The summed E-state index contributed by atoms with van der Waals surface area (Å²) in [6.45, 7) is 0. The van der Waals surface area contributed by atoms with Gasteiger partial charge in [0.1, 0.15) is 5.82 Å². The molecule has 134 valence electrons. The zero-order valence-corrected chi connectivity index (χ0v) is 12.1. The quantitative estimate of drug-likeness (QED) is 0.677. The van der Waals surface area contributed by atoms with Gasteiger partial charge in [0.25, 0.3) is 0 Å². The molecule has 0 unspecified atom stereocenters. The van der Waals surface area contributed by atoms with E-state index in [4.69, 9.17) is 0 Å². The highest BCUT2D eigenvalue weighted by Gasteiger charge is 2.37. The number of rotatable bonds is 2. The number of anilines is 2. The third-order valence-electron chi connectivity index (χ3n) is 2.97. The monoisotopic (exact) mass is 366 g/mol. The Hall–Kier alpha value is -2.78. The Morgan fingerprint density at radius 3 is 1.80 bits per heavy atom. The van der Waals surface area contributed by atoms with Crippen LogP contribution in [0.2, 0.25) is 0 Å². The van der Waals surface area contributed by atoms with Gasteiger partial charge in [0.15, 0.2) is 0 Å². The Bertz CT molecular complexity index is 752. The van der Waals surface area contributed by atoms with Crippen LogP contribution in [0, 0.1) is 5.82 Å². The van der Waals surface area contributed by atoms with E-state index < -0.39 is 41.0 Å². The first kappa shape index (κ1) is 18.6. The van der Waals surface area contributed by atoms with Crippen LogP contribution in [-0.2, 0) is 12.4 Å². The minimum atomic E-state index is -5.04. The summed E-state index contributed by atoms with van der Waals surface area (Å²) >= 11 is 0. The fraction of sp³-hybridized carbons (Fsp3) is 0.133. The van der Waals surface area contributed by atoms with Gasteiger partial charge in [0.2, 0.25) is 0 Å². The van der Waals surface area contributed by atoms with Crippen LogP contribution in [0.25, 0.3) is 0 Å². The number of hydrogen-bond donors (Lipinski definition) is 2. The Kier molecular flexibility index (Phi) is 4.91. The second kappa shape index (κ2) is 6.61. The van der Waals surface area contributed by atoms with E-state index in [1.165, 1.54) is 18.2 Å². The Morgan fingerprint density at radius 1 is 0.800 bits per heavy atom. The summed E-state index contributed by atoms with van der Waals surface area (Å²) < 4.78 is 89.8. The highest BCUT2D eigenvalue weighted by atomic mass is 19.4. The minimum Gasteiger partial charge on any atom is -0.308 e. The fourth-order valence-electron chi connectivity index (χ4n) is 1.87. The smallest absolute Gasteiger partial charge is 0.308 e. The molecule has 10 heteroatoms. The molecule has 0 fully saturated rings. The van der Waals surface area contributed by atoms with Crippen molar-refractivity contribution in [2.45, 2.75) is 12.4 Å². The summed E-state index contributed by atoms with van der Waals surface area (Å²) in [6, 6.07) is 4.32. The first-order valence-electron chi connectivity index (χ1n) is 6.59. The van der Waals surface area contributed by atoms with E-state index in [0.29, 0.717) is 12.1 Å². The summed E-state index contributed by atoms with van der Waals surface area (Å²) in [5, 5.41) is 3.81. The SMILES string of the molecule is O=C(Nc1cc(C(F)(F)F)cc(C(F)(F)F)c1)Nc1ccccc1F. The molecule has 2 N–H and O–H groups in total. The number of benzene rings is 2. The lowest BCUT2D eigenvalue weighted by molar-refractivity contribution is -0.143. The van der Waals surface area contributed by atoms with E-state index in [-0.39, 0.29) is 11.8 Å². The third kappa shape index (κ3) is 4.85. The molecule has 0 aliphatic rings. The normalized spacial score (nSPS) is 12.0. The average Bonchev–Trinajstić information content (AvgIpc) is 2.47. The van der Waals surface area contributed by atoms with Crippen molar-refractivity contribution in [2.75, 3.05) is 10.6 Å². The van der Waals surface area contributed by atoms with Crippen LogP contribution in [0.1, 0.15) is 11.1 Å². The van der Waals surface area contributed by atoms with Crippen molar-refractivity contribution >= 4 is 17.4 Å². The van der Waals surface area contributed by atoms with Crippen LogP contribution in [-0.4, -0.2) is 6.03 Å². The van der Waals surface area contributed by atoms with Gasteiger partial charge in [0, 0.05) is 5.69 Å². The van der Waals surface area contributed by atoms with E-state index >= 15 is 0 Å². The second-order valence-corrected chi connectivity index (χ2v) is 4.85. The number of amides is 2. The van der Waals surface area contributed by atoms with Gasteiger partial charge >= 0.3 is 18.4 Å². The first-order chi connectivity index (χ1) is 11.5. The number of halogens is 7. The Balaban J connectivity index is 2.29. The molecule has 0 bridgehead atoms. The molecule has 0 spiro atoms. The van der Waals surface area contributed by atoms with Crippen molar-refractivity contribution in [3.05, 3.63) is 59.4 Å². The molecule has 0 heterocycles. The highest BCUT2D eigenvalue weighted by Crippen LogP contribution is 2.37. The van der Waals surface area contributed by atoms with Crippen LogP contribution in [0.15, 0.2) is 42.5 Å². The molecule has 0 saturated heterocycles. The number of alkyl halides is 6. The highest BCUT2D eigenvalue weighted by molar-refractivity contribution is 5.99. The lowest BCUT2D eigenvalue weighted by atomic mass is 10.1. The van der Waals surface area contributed by atoms with Crippen LogP contribution >= 0.6 is 0 Å². The number of para-hydroxylation sites is 1. The first-order valence-corrected chi connectivity index (χ1v) is 6.59. The van der Waals surface area contributed by atoms with E-state index in [1.54, 1.807) is 0 Å². The topological polar surface area (TPSA) is 41.1 Å². The van der Waals surface area contributed by atoms with Gasteiger partial charge in [-0.2, -0.15) is 26.3 Å². The molecule has 0 aliphatic heterocycles. The molecule has 2 amide bonds. The summed E-state index contributed by atoms with van der Waals surface area (Å²) in [5.74, 6) is -0.822. The lowest BCUT2D eigenvalue weighted by Crippen LogP contribution is -2.21. The predicted octanol–water partition coefficient (Wildman–Crippen LogP) is 5.51. The van der Waals surface area contributed by atoms with Crippen molar-refractivity contribution in [2.24, 2.45) is 0 Å². The summed E-state index contributed by atoms with van der Waals surface area (Å²) in [6.07, 6.45) is -10.1. The number of nitrogens with one attached hydrogen (secondary N) is 2. The van der Waals surface area contributed by atoms with Crippen LogP contribution < -0.4 is 10.6 Å². The molecule has 2 aromatic carbocycles. The molecular formula is C15H9F7N2O. The van der Waals surface area contributed by atoms with E-state index in [0.717, 1.165) is 6.07 Å². The number of urea groups is 1. The summed E-state index contributed by atoms with van der Waals surface area (Å²) in [7, 11) is 0. The van der Waals surface area contributed by atoms with Gasteiger partial charge in [0.05, 0.1) is 16.8 Å². The van der Waals surface area contributed by atoms with E-state index in [2.05, 4.69) is 0 Å². The van der Waals surface area contributed by atoms with E-state index in [1.807, 2.05) is 10.6 Å². The molecular weight excluding hydrogens is 357 g/mol. The molecule has 0 aliphatic carbocycles. The van der Waals surface area contributed by atoms with Crippen molar-refractivity contribution in [3.8, 4) is 0 Å². The number of carbonyl (C=O) groups excluding carboxylic acids is 1. The zero-order chi connectivity index (χ0) is 18.8. The maximum atomic E-state index is 13.4. The second-order valence-electron chi connectivity index (χ2n) is 4.85. The zero-order valence-electron chi connectivity index (χ0n) is 12.1. The van der Waals surface area contributed by atoms with Crippen LogP contribution in [0.3, 0.4) is 0 Å². The maximum Gasteiger partial charge on any atom is 0.416 e. The number of hydrogen-bond acceptors (Lipinski definition) is 1. The molecule has 0 aromatic heterocycles. The lowest BCUT2D eigenvalue weighted by Gasteiger charge is -2.15. The number of carbonyl (C=O) groups is 1. The summed E-state index contributed by atoms with van der Waals surface area (Å²) in [4.78, 5) is 11.7. The Morgan fingerprint density at radius 2 is 1.32 bits per heavy atom. The molecule has 2 aromatic rings. The minimum absolute atomic E-state index is 0.0695. The van der Waals surface area contributed by atoms with Crippen LogP contribution in [0.5, 0.6) is 0 Å². The van der Waals surface area contributed by atoms with Crippen LogP contribution in [0.4, 0.5) is 46.9 Å². The molecule has 25 heavy (non-hydrogen) atoms. The largest absolute Gasteiger partial charge is 0.416 e.